The Hall–Kier alpha value is -2.19. The van der Waals surface area contributed by atoms with Crippen LogP contribution < -0.4 is 10.9 Å². The minimum Gasteiger partial charge on any atom is -0.354 e. The number of aromatic nitrogens is 3. The first-order valence-electron chi connectivity index (χ1n) is 11.4. The Kier molecular flexibility index (Phi) is 6.84. The third-order valence-electron chi connectivity index (χ3n) is 6.58. The van der Waals surface area contributed by atoms with E-state index in [9.17, 15) is 9.59 Å². The van der Waals surface area contributed by atoms with Gasteiger partial charge in [0.15, 0.2) is 0 Å². The van der Waals surface area contributed by atoms with E-state index in [1.165, 1.54) is 49.9 Å². The number of hydrogen-bond acceptors (Lipinski definition) is 5. The van der Waals surface area contributed by atoms with Crippen molar-refractivity contribution < 1.29 is 4.79 Å². The highest BCUT2D eigenvalue weighted by molar-refractivity contribution is 5.75. The van der Waals surface area contributed by atoms with E-state index in [4.69, 9.17) is 0 Å². The van der Waals surface area contributed by atoms with Crippen LogP contribution in [0.5, 0.6) is 0 Å². The zero-order valence-electron chi connectivity index (χ0n) is 18.1. The van der Waals surface area contributed by atoms with Crippen molar-refractivity contribution in [3.8, 4) is 0 Å². The van der Waals surface area contributed by atoms with Crippen LogP contribution in [-0.2, 0) is 11.3 Å². The van der Waals surface area contributed by atoms with Gasteiger partial charge in [0.25, 0.3) is 5.56 Å². The number of hydrogen-bond donors (Lipinski definition) is 1. The zero-order valence-corrected chi connectivity index (χ0v) is 18.1. The molecule has 4 rings (SSSR count). The summed E-state index contributed by atoms with van der Waals surface area (Å²) >= 11 is 0. The van der Waals surface area contributed by atoms with Crippen molar-refractivity contribution in [2.24, 2.45) is 0 Å². The van der Waals surface area contributed by atoms with E-state index < -0.39 is 0 Å². The molecule has 0 atom stereocenters. The normalized spacial score (nSPS) is 19.4. The number of aryl methyl sites for hydroxylation is 1. The molecule has 164 valence electrons. The monoisotopic (exact) mass is 414 g/mol. The van der Waals surface area contributed by atoms with Gasteiger partial charge in [0, 0.05) is 45.0 Å². The van der Waals surface area contributed by atoms with E-state index in [1.807, 2.05) is 13.0 Å². The van der Waals surface area contributed by atoms with Crippen LogP contribution in [0.1, 0.15) is 44.3 Å². The molecule has 8 nitrogen and oxygen atoms in total. The minimum absolute atomic E-state index is 0.0403. The first-order valence-corrected chi connectivity index (χ1v) is 11.4. The van der Waals surface area contributed by atoms with E-state index >= 15 is 0 Å². The van der Waals surface area contributed by atoms with Crippen LogP contribution in [0.2, 0.25) is 0 Å². The number of fused-ring (bicyclic) bond motifs is 1. The second-order valence-electron chi connectivity index (χ2n) is 8.65. The predicted octanol–water partition coefficient (Wildman–Crippen LogP) is 1.26. The topological polar surface area (TPSA) is 74.9 Å². The van der Waals surface area contributed by atoms with Gasteiger partial charge in [0.05, 0.1) is 0 Å². The van der Waals surface area contributed by atoms with Crippen LogP contribution in [0.25, 0.3) is 5.52 Å². The Morgan fingerprint density at radius 1 is 1.17 bits per heavy atom. The molecule has 0 aromatic carbocycles. The van der Waals surface area contributed by atoms with Crippen molar-refractivity contribution in [1.29, 1.82) is 0 Å². The van der Waals surface area contributed by atoms with Gasteiger partial charge in [-0.15, -0.1) is 0 Å². The number of rotatable bonds is 7. The highest BCUT2D eigenvalue weighted by Gasteiger charge is 2.24. The summed E-state index contributed by atoms with van der Waals surface area (Å²) in [6.07, 6.45) is 9.68. The van der Waals surface area contributed by atoms with Gasteiger partial charge in [-0.1, -0.05) is 19.3 Å². The number of carbonyl (C=O) groups is 1. The maximum absolute atomic E-state index is 12.4. The zero-order chi connectivity index (χ0) is 20.9. The van der Waals surface area contributed by atoms with Gasteiger partial charge in [-0.25, -0.2) is 4.68 Å². The Labute approximate surface area is 177 Å². The molecule has 1 aliphatic carbocycles. The van der Waals surface area contributed by atoms with Gasteiger partial charge in [0.1, 0.15) is 17.9 Å². The molecule has 1 N–H and O–H groups in total. The molecule has 2 aliphatic rings. The smallest absolute Gasteiger partial charge is 0.291 e. The molecule has 3 heterocycles. The van der Waals surface area contributed by atoms with Gasteiger partial charge in [-0.3, -0.25) is 18.9 Å². The summed E-state index contributed by atoms with van der Waals surface area (Å²) in [5, 5.41) is 7.19. The quantitative estimate of drug-likeness (QED) is 0.691. The molecule has 0 unspecified atom stereocenters. The Balaban J connectivity index is 1.16. The molecule has 1 saturated heterocycles. The van der Waals surface area contributed by atoms with Crippen LogP contribution in [0, 0.1) is 6.92 Å². The van der Waals surface area contributed by atoms with Crippen LogP contribution in [0.15, 0.2) is 23.1 Å². The fraction of sp³-hybridized carbons (Fsp3) is 0.682. The molecule has 2 fully saturated rings. The van der Waals surface area contributed by atoms with E-state index in [0.717, 1.165) is 32.1 Å². The lowest BCUT2D eigenvalue weighted by atomic mass is 9.94. The molecule has 0 radical (unpaired) electrons. The van der Waals surface area contributed by atoms with E-state index in [1.54, 1.807) is 16.7 Å². The minimum atomic E-state index is -0.239. The summed E-state index contributed by atoms with van der Waals surface area (Å²) in [7, 11) is 0. The highest BCUT2D eigenvalue weighted by atomic mass is 16.2. The second kappa shape index (κ2) is 9.75. The maximum Gasteiger partial charge on any atom is 0.291 e. The highest BCUT2D eigenvalue weighted by Crippen LogP contribution is 2.23. The van der Waals surface area contributed by atoms with Crippen molar-refractivity contribution >= 4 is 11.4 Å². The molecular weight excluding hydrogens is 380 g/mol. The maximum atomic E-state index is 12.4. The Morgan fingerprint density at radius 3 is 2.70 bits per heavy atom. The Bertz CT molecular complexity index is 906. The number of amides is 1. The van der Waals surface area contributed by atoms with Gasteiger partial charge >= 0.3 is 0 Å². The SMILES string of the molecule is Cc1nn(CC(=O)NCCCN2CCN(C3CCCCC3)CC2)c(=O)c2cccn12. The van der Waals surface area contributed by atoms with E-state index in [0.29, 0.717) is 17.9 Å². The first kappa shape index (κ1) is 21.1. The third kappa shape index (κ3) is 4.92. The van der Waals surface area contributed by atoms with Crippen LogP contribution in [0.3, 0.4) is 0 Å². The lowest BCUT2D eigenvalue weighted by Gasteiger charge is -2.40. The van der Waals surface area contributed by atoms with Crippen molar-refractivity contribution in [3.63, 3.8) is 0 Å². The standard InChI is InChI=1S/C22H34N6O2/c1-18-24-28(22(30)20-9-5-12-27(18)20)17-21(29)23-10-6-11-25-13-15-26(16-14-25)19-7-3-2-4-8-19/h5,9,12,19H,2-4,6-8,10-11,13-17H2,1H3,(H,23,29). The molecule has 2 aromatic heterocycles. The molecule has 1 amide bonds. The molecule has 1 saturated carbocycles. The van der Waals surface area contributed by atoms with Crippen molar-refractivity contribution in [2.45, 2.75) is 58.0 Å². The van der Waals surface area contributed by atoms with Crippen LogP contribution in [-0.4, -0.2) is 75.2 Å². The predicted molar refractivity (Wildman–Crippen MR) is 117 cm³/mol. The summed E-state index contributed by atoms with van der Waals surface area (Å²) < 4.78 is 3.00. The van der Waals surface area contributed by atoms with Crippen molar-refractivity contribution in [3.05, 3.63) is 34.5 Å². The van der Waals surface area contributed by atoms with Crippen LogP contribution in [0.4, 0.5) is 0 Å². The molecule has 0 bridgehead atoms. The molecule has 8 heteroatoms. The molecular formula is C22H34N6O2. The Morgan fingerprint density at radius 2 is 1.93 bits per heavy atom. The summed E-state index contributed by atoms with van der Waals surface area (Å²) in [5.41, 5.74) is 0.305. The number of nitrogens with zero attached hydrogens (tertiary/aromatic N) is 5. The van der Waals surface area contributed by atoms with E-state index in [-0.39, 0.29) is 18.0 Å². The van der Waals surface area contributed by atoms with E-state index in [2.05, 4.69) is 20.2 Å². The first-order chi connectivity index (χ1) is 14.6. The summed E-state index contributed by atoms with van der Waals surface area (Å²) in [4.78, 5) is 29.9. The summed E-state index contributed by atoms with van der Waals surface area (Å²) in [6.45, 7) is 8.02. The molecule has 1 aliphatic heterocycles. The van der Waals surface area contributed by atoms with Crippen LogP contribution >= 0.6 is 0 Å². The fourth-order valence-electron chi connectivity index (χ4n) is 4.87. The van der Waals surface area contributed by atoms with Gasteiger partial charge in [0.2, 0.25) is 5.91 Å². The third-order valence-corrected chi connectivity index (χ3v) is 6.58. The van der Waals surface area contributed by atoms with Crippen molar-refractivity contribution in [2.75, 3.05) is 39.3 Å². The lowest BCUT2D eigenvalue weighted by molar-refractivity contribution is -0.121. The number of piperazine rings is 1. The van der Waals surface area contributed by atoms with Gasteiger partial charge in [-0.2, -0.15) is 5.10 Å². The summed E-state index contributed by atoms with van der Waals surface area (Å²) in [6, 6.07) is 4.37. The lowest BCUT2D eigenvalue weighted by Crippen LogP contribution is -2.51. The van der Waals surface area contributed by atoms with Gasteiger partial charge in [-0.05, 0) is 44.9 Å². The van der Waals surface area contributed by atoms with Crippen molar-refractivity contribution in [1.82, 2.24) is 29.3 Å². The molecule has 0 spiro atoms. The largest absolute Gasteiger partial charge is 0.354 e. The summed E-state index contributed by atoms with van der Waals surface area (Å²) in [5.74, 6) is 0.525. The molecule has 30 heavy (non-hydrogen) atoms. The van der Waals surface area contributed by atoms with Gasteiger partial charge < -0.3 is 10.2 Å². The number of carbonyl (C=O) groups excluding carboxylic acids is 1. The molecule has 2 aromatic rings. The average molecular weight is 415 g/mol. The second-order valence-corrected chi connectivity index (χ2v) is 8.65. The fourth-order valence-corrected chi connectivity index (χ4v) is 4.87. The number of nitrogens with one attached hydrogen (secondary N) is 1. The average Bonchev–Trinajstić information content (AvgIpc) is 3.27.